The molecule has 0 radical (unpaired) electrons. The second-order valence-electron chi connectivity index (χ2n) is 3.56. The maximum absolute atomic E-state index is 11.5. The van der Waals surface area contributed by atoms with Crippen LogP contribution in [0.15, 0.2) is 27.4 Å². The molecular weight excluding hydrogens is 262 g/mol. The summed E-state index contributed by atoms with van der Waals surface area (Å²) < 4.78 is 1.55. The Hall–Kier alpha value is -1.34. The van der Waals surface area contributed by atoms with Gasteiger partial charge in [0.25, 0.3) is 0 Å². The van der Waals surface area contributed by atoms with Gasteiger partial charge in [-0.25, -0.2) is 14.9 Å². The zero-order valence-electron chi connectivity index (χ0n) is 9.22. The lowest BCUT2D eigenvalue weighted by molar-refractivity contribution is 0.534. The molecule has 2 aromatic heterocycles. The third-order valence-electron chi connectivity index (χ3n) is 1.97. The topological polar surface area (TPSA) is 76.5 Å². The molecule has 0 aromatic carbocycles. The quantitative estimate of drug-likeness (QED) is 0.920. The maximum Gasteiger partial charge on any atom is 0.344 e. The van der Waals surface area contributed by atoms with Gasteiger partial charge in [-0.1, -0.05) is 11.6 Å². The number of nitrogens with zero attached hydrogens (tertiary/aromatic N) is 4. The Labute approximate surface area is 106 Å². The van der Waals surface area contributed by atoms with Crippen LogP contribution in [0, 0.1) is 0 Å². The van der Waals surface area contributed by atoms with Gasteiger partial charge in [0.15, 0.2) is 5.16 Å². The van der Waals surface area contributed by atoms with Crippen molar-refractivity contribution in [3.8, 4) is 0 Å². The first-order chi connectivity index (χ1) is 8.08. The number of aromatic nitrogens is 5. The number of hydrogen-bond acceptors (Lipinski definition) is 5. The molecule has 0 aliphatic carbocycles. The highest BCUT2D eigenvalue weighted by atomic mass is 35.5. The summed E-state index contributed by atoms with van der Waals surface area (Å²) in [5.74, 6) is 0. The Morgan fingerprint density at radius 3 is 2.88 bits per heavy atom. The lowest BCUT2D eigenvalue weighted by Gasteiger charge is -2.07. The van der Waals surface area contributed by atoms with Gasteiger partial charge in [0.05, 0.1) is 12.4 Å². The van der Waals surface area contributed by atoms with Crippen molar-refractivity contribution >= 4 is 23.4 Å². The van der Waals surface area contributed by atoms with Crippen LogP contribution in [-0.2, 0) is 0 Å². The summed E-state index contributed by atoms with van der Waals surface area (Å²) in [4.78, 5) is 19.5. The monoisotopic (exact) mass is 271 g/mol. The third-order valence-corrected chi connectivity index (χ3v) is 3.03. The van der Waals surface area contributed by atoms with Gasteiger partial charge in [0.1, 0.15) is 10.2 Å². The highest BCUT2D eigenvalue weighted by molar-refractivity contribution is 7.99. The molecule has 0 aliphatic heterocycles. The minimum atomic E-state index is -0.238. The molecule has 8 heteroatoms. The van der Waals surface area contributed by atoms with Crippen LogP contribution in [0.3, 0.4) is 0 Å². The normalized spacial score (nSPS) is 11.1. The van der Waals surface area contributed by atoms with Crippen LogP contribution in [0.5, 0.6) is 0 Å². The molecular formula is C9H10ClN5OS. The Kier molecular flexibility index (Phi) is 3.49. The molecule has 2 rings (SSSR count). The van der Waals surface area contributed by atoms with E-state index in [1.54, 1.807) is 10.8 Å². The number of rotatable bonds is 3. The van der Waals surface area contributed by atoms with Crippen molar-refractivity contribution in [3.05, 3.63) is 28.0 Å². The molecule has 0 saturated carbocycles. The van der Waals surface area contributed by atoms with E-state index in [1.165, 1.54) is 18.0 Å². The summed E-state index contributed by atoms with van der Waals surface area (Å²) in [6.07, 6.45) is 3.02. The Morgan fingerprint density at radius 1 is 1.47 bits per heavy atom. The van der Waals surface area contributed by atoms with Crippen LogP contribution in [-0.4, -0.2) is 24.7 Å². The number of H-pyrrole nitrogens is 1. The molecule has 0 bridgehead atoms. The molecule has 2 aromatic rings. The second-order valence-corrected chi connectivity index (χ2v) is 4.93. The highest BCUT2D eigenvalue weighted by Gasteiger charge is 2.13. The minimum absolute atomic E-state index is 0.0240. The van der Waals surface area contributed by atoms with Crippen LogP contribution in [0.2, 0.25) is 5.15 Å². The van der Waals surface area contributed by atoms with Gasteiger partial charge < -0.3 is 0 Å². The first-order valence-electron chi connectivity index (χ1n) is 4.90. The average molecular weight is 272 g/mol. The van der Waals surface area contributed by atoms with Crippen LogP contribution < -0.4 is 5.69 Å². The van der Waals surface area contributed by atoms with E-state index in [-0.39, 0.29) is 11.7 Å². The van der Waals surface area contributed by atoms with Gasteiger partial charge in [0.2, 0.25) is 0 Å². The number of halogens is 1. The molecule has 0 unspecified atom stereocenters. The minimum Gasteiger partial charge on any atom is -0.267 e. The summed E-state index contributed by atoms with van der Waals surface area (Å²) in [6, 6.07) is 0.0240. The Bertz CT molecular complexity index is 579. The molecule has 0 atom stereocenters. The molecule has 0 fully saturated rings. The van der Waals surface area contributed by atoms with Crippen molar-refractivity contribution in [3.63, 3.8) is 0 Å². The lowest BCUT2D eigenvalue weighted by Crippen LogP contribution is -2.19. The Balaban J connectivity index is 2.34. The first kappa shape index (κ1) is 12.1. The molecule has 17 heavy (non-hydrogen) atoms. The van der Waals surface area contributed by atoms with Crippen LogP contribution in [0.1, 0.15) is 19.9 Å². The summed E-state index contributed by atoms with van der Waals surface area (Å²) in [5, 5.41) is 7.80. The molecule has 0 spiro atoms. The average Bonchev–Trinajstić information content (AvgIpc) is 2.59. The Morgan fingerprint density at radius 2 is 2.24 bits per heavy atom. The fraction of sp³-hybridized carbons (Fsp3) is 0.333. The van der Waals surface area contributed by atoms with Crippen LogP contribution in [0.25, 0.3) is 0 Å². The fourth-order valence-electron chi connectivity index (χ4n) is 1.29. The van der Waals surface area contributed by atoms with E-state index in [0.717, 1.165) is 0 Å². The van der Waals surface area contributed by atoms with E-state index in [4.69, 9.17) is 11.6 Å². The summed E-state index contributed by atoms with van der Waals surface area (Å²) in [5.41, 5.74) is -0.238. The number of hydrogen-bond donors (Lipinski definition) is 1. The zero-order valence-corrected chi connectivity index (χ0v) is 10.8. The van der Waals surface area contributed by atoms with Gasteiger partial charge >= 0.3 is 5.69 Å². The third kappa shape index (κ3) is 2.67. The largest absolute Gasteiger partial charge is 0.344 e. The smallest absolute Gasteiger partial charge is 0.267 e. The lowest BCUT2D eigenvalue weighted by atomic mass is 10.4. The molecule has 90 valence electrons. The standard InChI is InChI=1S/C9H10ClN5OS/c1-5(2)15-8(16)13-14-9(15)17-7-4-11-3-6(10)12-7/h3-5H,1-2H3,(H,13,16). The van der Waals surface area contributed by atoms with Crippen molar-refractivity contribution in [2.24, 2.45) is 0 Å². The highest BCUT2D eigenvalue weighted by Crippen LogP contribution is 2.24. The van der Waals surface area contributed by atoms with Crippen molar-refractivity contribution in [2.45, 2.75) is 30.1 Å². The van der Waals surface area contributed by atoms with Crippen molar-refractivity contribution in [1.82, 2.24) is 24.7 Å². The summed E-state index contributed by atoms with van der Waals surface area (Å²) in [7, 11) is 0. The summed E-state index contributed by atoms with van der Waals surface area (Å²) in [6.45, 7) is 3.81. The predicted octanol–water partition coefficient (Wildman–Crippen LogP) is 1.75. The van der Waals surface area contributed by atoms with E-state index in [1.807, 2.05) is 13.8 Å². The molecule has 0 amide bonds. The van der Waals surface area contributed by atoms with E-state index in [9.17, 15) is 4.79 Å². The summed E-state index contributed by atoms with van der Waals surface area (Å²) >= 11 is 6.98. The first-order valence-corrected chi connectivity index (χ1v) is 6.09. The van der Waals surface area contributed by atoms with Crippen molar-refractivity contribution in [1.29, 1.82) is 0 Å². The van der Waals surface area contributed by atoms with Gasteiger partial charge in [-0.3, -0.25) is 9.55 Å². The predicted molar refractivity (Wildman–Crippen MR) is 64.4 cm³/mol. The fourth-order valence-corrected chi connectivity index (χ4v) is 2.41. The molecule has 2 heterocycles. The SMILES string of the molecule is CC(C)n1c(Sc2cncc(Cl)n2)n[nH]c1=O. The number of aromatic amines is 1. The molecule has 0 saturated heterocycles. The zero-order chi connectivity index (χ0) is 12.4. The van der Waals surface area contributed by atoms with Gasteiger partial charge in [-0.05, 0) is 25.6 Å². The van der Waals surface area contributed by atoms with E-state index >= 15 is 0 Å². The maximum atomic E-state index is 11.5. The van der Waals surface area contributed by atoms with Crippen molar-refractivity contribution < 1.29 is 0 Å². The second kappa shape index (κ2) is 4.89. The van der Waals surface area contributed by atoms with Crippen LogP contribution in [0.4, 0.5) is 0 Å². The van der Waals surface area contributed by atoms with Crippen molar-refractivity contribution in [2.75, 3.05) is 0 Å². The number of nitrogens with one attached hydrogen (secondary N) is 1. The van der Waals surface area contributed by atoms with E-state index in [2.05, 4.69) is 20.2 Å². The van der Waals surface area contributed by atoms with Gasteiger partial charge in [-0.15, -0.1) is 5.10 Å². The molecule has 1 N–H and O–H groups in total. The van der Waals surface area contributed by atoms with Gasteiger partial charge in [0, 0.05) is 6.04 Å². The van der Waals surface area contributed by atoms with Crippen LogP contribution >= 0.6 is 23.4 Å². The van der Waals surface area contributed by atoms with E-state index < -0.39 is 0 Å². The molecule has 6 nitrogen and oxygen atoms in total. The van der Waals surface area contributed by atoms with Gasteiger partial charge in [-0.2, -0.15) is 0 Å². The van der Waals surface area contributed by atoms with E-state index in [0.29, 0.717) is 15.3 Å². The molecule has 0 aliphatic rings.